The molecule has 5 heteroatoms. The molecule has 0 radical (unpaired) electrons. The van der Waals surface area contributed by atoms with E-state index in [0.717, 1.165) is 0 Å². The van der Waals surface area contributed by atoms with E-state index in [4.69, 9.17) is 4.42 Å². The first-order chi connectivity index (χ1) is 9.34. The molecule has 1 aromatic carbocycles. The lowest BCUT2D eigenvalue weighted by Crippen LogP contribution is -2.23. The highest BCUT2D eigenvalue weighted by atomic mass is 16.3. The summed E-state index contributed by atoms with van der Waals surface area (Å²) in [6, 6.07) is 8.94. The Labute approximate surface area is 109 Å². The first-order valence-electron chi connectivity index (χ1n) is 5.85. The Balaban J connectivity index is 1.85. The van der Waals surface area contributed by atoms with Crippen molar-refractivity contribution in [1.29, 1.82) is 0 Å². The van der Waals surface area contributed by atoms with Crippen LogP contribution in [-0.2, 0) is 6.54 Å². The zero-order valence-corrected chi connectivity index (χ0v) is 10.0. The van der Waals surface area contributed by atoms with E-state index in [1.807, 2.05) is 12.1 Å². The topological polar surface area (TPSA) is 68.0 Å². The van der Waals surface area contributed by atoms with Crippen LogP contribution in [-0.4, -0.2) is 15.9 Å². The smallest absolute Gasteiger partial charge is 0.253 e. The molecule has 0 fully saturated rings. The number of benzene rings is 1. The fourth-order valence-electron chi connectivity index (χ4n) is 1.85. The normalized spacial score (nSPS) is 10.5. The minimum Gasteiger partial charge on any atom is -0.467 e. The minimum absolute atomic E-state index is 0.192. The van der Waals surface area contributed by atoms with Crippen molar-refractivity contribution in [2.75, 3.05) is 0 Å². The maximum absolute atomic E-state index is 12.1. The third-order valence-corrected chi connectivity index (χ3v) is 2.75. The molecule has 0 unspecified atom stereocenters. The van der Waals surface area contributed by atoms with Crippen LogP contribution in [0.4, 0.5) is 0 Å². The molecule has 0 aliphatic rings. The summed E-state index contributed by atoms with van der Waals surface area (Å²) in [5, 5.41) is 2.79. The lowest BCUT2D eigenvalue weighted by molar-refractivity contribution is 0.0949. The Bertz CT molecular complexity index is 702. The molecular formula is C14H11N3O2. The lowest BCUT2D eigenvalue weighted by Gasteiger charge is -2.05. The third-order valence-electron chi connectivity index (χ3n) is 2.75. The van der Waals surface area contributed by atoms with Gasteiger partial charge < -0.3 is 9.73 Å². The quantitative estimate of drug-likeness (QED) is 0.776. The molecule has 1 amide bonds. The van der Waals surface area contributed by atoms with E-state index >= 15 is 0 Å². The summed E-state index contributed by atoms with van der Waals surface area (Å²) < 4.78 is 5.16. The number of rotatable bonds is 3. The number of nitrogens with zero attached hydrogens (tertiary/aromatic N) is 2. The molecule has 19 heavy (non-hydrogen) atoms. The van der Waals surface area contributed by atoms with Crippen molar-refractivity contribution in [2.45, 2.75) is 6.54 Å². The van der Waals surface area contributed by atoms with Crippen LogP contribution in [0.1, 0.15) is 16.1 Å². The molecule has 1 N–H and O–H groups in total. The summed E-state index contributed by atoms with van der Waals surface area (Å²) in [6.45, 7) is 0.350. The standard InChI is InChI=1S/C14H11N3O2/c18-14(17-9-10-3-2-8-19-10)11-4-1-5-12-13(11)16-7-6-15-12/h1-8H,9H2,(H,17,18). The fourth-order valence-corrected chi connectivity index (χ4v) is 1.85. The van der Waals surface area contributed by atoms with Crippen LogP contribution >= 0.6 is 0 Å². The van der Waals surface area contributed by atoms with Gasteiger partial charge in [-0.25, -0.2) is 0 Å². The lowest BCUT2D eigenvalue weighted by atomic mass is 10.1. The summed E-state index contributed by atoms with van der Waals surface area (Å²) in [5.41, 5.74) is 1.81. The first-order valence-corrected chi connectivity index (χ1v) is 5.85. The highest BCUT2D eigenvalue weighted by molar-refractivity contribution is 6.04. The van der Waals surface area contributed by atoms with Crippen molar-refractivity contribution in [1.82, 2.24) is 15.3 Å². The van der Waals surface area contributed by atoms with E-state index in [0.29, 0.717) is 28.9 Å². The van der Waals surface area contributed by atoms with Gasteiger partial charge in [0, 0.05) is 12.4 Å². The Morgan fingerprint density at radius 2 is 2.05 bits per heavy atom. The number of para-hydroxylation sites is 1. The molecule has 2 aromatic heterocycles. The number of aromatic nitrogens is 2. The van der Waals surface area contributed by atoms with Crippen molar-refractivity contribution < 1.29 is 9.21 Å². The molecule has 0 atom stereocenters. The molecule has 3 rings (SSSR count). The molecular weight excluding hydrogens is 242 g/mol. The highest BCUT2D eigenvalue weighted by Crippen LogP contribution is 2.13. The number of nitrogens with one attached hydrogen (secondary N) is 1. The second kappa shape index (κ2) is 4.89. The largest absolute Gasteiger partial charge is 0.467 e. The number of carbonyl (C=O) groups is 1. The van der Waals surface area contributed by atoms with Crippen molar-refractivity contribution in [3.8, 4) is 0 Å². The van der Waals surface area contributed by atoms with Crippen molar-refractivity contribution in [3.63, 3.8) is 0 Å². The van der Waals surface area contributed by atoms with Crippen molar-refractivity contribution >= 4 is 16.9 Å². The molecule has 0 aliphatic heterocycles. The van der Waals surface area contributed by atoms with Crippen molar-refractivity contribution in [2.24, 2.45) is 0 Å². The van der Waals surface area contributed by atoms with Gasteiger partial charge in [-0.15, -0.1) is 0 Å². The van der Waals surface area contributed by atoms with Gasteiger partial charge in [0.15, 0.2) is 0 Å². The van der Waals surface area contributed by atoms with E-state index in [-0.39, 0.29) is 5.91 Å². The minimum atomic E-state index is -0.192. The summed E-state index contributed by atoms with van der Waals surface area (Å²) in [7, 11) is 0. The van der Waals surface area contributed by atoms with Crippen LogP contribution in [0.3, 0.4) is 0 Å². The molecule has 3 aromatic rings. The Hall–Kier alpha value is -2.69. The predicted molar refractivity (Wildman–Crippen MR) is 69.4 cm³/mol. The van der Waals surface area contributed by atoms with Gasteiger partial charge in [-0.05, 0) is 24.3 Å². The second-order valence-corrected chi connectivity index (χ2v) is 3.99. The molecule has 0 bridgehead atoms. The molecule has 0 saturated heterocycles. The Morgan fingerprint density at radius 3 is 2.89 bits per heavy atom. The fraction of sp³-hybridized carbons (Fsp3) is 0.0714. The van der Waals surface area contributed by atoms with Gasteiger partial charge in [0.1, 0.15) is 11.3 Å². The van der Waals surface area contributed by atoms with Gasteiger partial charge in [-0.1, -0.05) is 6.07 Å². The number of fused-ring (bicyclic) bond motifs is 1. The molecule has 5 nitrogen and oxygen atoms in total. The van der Waals surface area contributed by atoms with Gasteiger partial charge in [0.2, 0.25) is 0 Å². The average molecular weight is 253 g/mol. The van der Waals surface area contributed by atoms with Crippen LogP contribution in [0.25, 0.3) is 11.0 Å². The average Bonchev–Trinajstić information content (AvgIpc) is 2.97. The zero-order valence-electron chi connectivity index (χ0n) is 10.0. The molecule has 2 heterocycles. The van der Waals surface area contributed by atoms with Crippen LogP contribution in [0.2, 0.25) is 0 Å². The van der Waals surface area contributed by atoms with E-state index < -0.39 is 0 Å². The van der Waals surface area contributed by atoms with Gasteiger partial charge >= 0.3 is 0 Å². The van der Waals surface area contributed by atoms with Gasteiger partial charge in [-0.3, -0.25) is 14.8 Å². The van der Waals surface area contributed by atoms with E-state index in [2.05, 4.69) is 15.3 Å². The van der Waals surface area contributed by atoms with Crippen LogP contribution in [0, 0.1) is 0 Å². The molecule has 0 aliphatic carbocycles. The SMILES string of the molecule is O=C(NCc1ccco1)c1cccc2nccnc12. The number of carbonyl (C=O) groups excluding carboxylic acids is 1. The van der Waals surface area contributed by atoms with Gasteiger partial charge in [-0.2, -0.15) is 0 Å². The molecule has 94 valence electrons. The number of hydrogen-bond acceptors (Lipinski definition) is 4. The molecule has 0 saturated carbocycles. The van der Waals surface area contributed by atoms with Gasteiger partial charge in [0.05, 0.1) is 23.9 Å². The Kier molecular flexibility index (Phi) is 2.94. The maximum atomic E-state index is 12.1. The monoisotopic (exact) mass is 253 g/mol. The molecule has 0 spiro atoms. The first kappa shape index (κ1) is 11.4. The Morgan fingerprint density at radius 1 is 1.16 bits per heavy atom. The number of hydrogen-bond donors (Lipinski definition) is 1. The second-order valence-electron chi connectivity index (χ2n) is 3.99. The number of amides is 1. The van der Waals surface area contributed by atoms with Crippen LogP contribution in [0.5, 0.6) is 0 Å². The van der Waals surface area contributed by atoms with Crippen LogP contribution < -0.4 is 5.32 Å². The zero-order chi connectivity index (χ0) is 13.1. The summed E-state index contributed by atoms with van der Waals surface area (Å²) >= 11 is 0. The van der Waals surface area contributed by atoms with E-state index in [1.165, 1.54) is 0 Å². The van der Waals surface area contributed by atoms with E-state index in [9.17, 15) is 4.79 Å². The predicted octanol–water partition coefficient (Wildman–Crippen LogP) is 2.15. The summed E-state index contributed by atoms with van der Waals surface area (Å²) in [5.74, 6) is 0.516. The maximum Gasteiger partial charge on any atom is 0.253 e. The number of furan rings is 1. The third kappa shape index (κ3) is 2.30. The van der Waals surface area contributed by atoms with Crippen LogP contribution in [0.15, 0.2) is 53.4 Å². The van der Waals surface area contributed by atoms with E-state index in [1.54, 1.807) is 36.9 Å². The summed E-state index contributed by atoms with van der Waals surface area (Å²) in [4.78, 5) is 20.5. The van der Waals surface area contributed by atoms with Crippen molar-refractivity contribution in [3.05, 3.63) is 60.3 Å². The van der Waals surface area contributed by atoms with Gasteiger partial charge in [0.25, 0.3) is 5.91 Å². The highest BCUT2D eigenvalue weighted by Gasteiger charge is 2.11. The summed E-state index contributed by atoms with van der Waals surface area (Å²) in [6.07, 6.45) is 4.75.